The third-order valence-electron chi connectivity index (χ3n) is 6.34. The summed E-state index contributed by atoms with van der Waals surface area (Å²) in [5.74, 6) is 0.938. The molecule has 2 heterocycles. The number of allylic oxidation sites excluding steroid dienone is 1. The Bertz CT molecular complexity index is 1380. The zero-order valence-corrected chi connectivity index (χ0v) is 23.6. The molecule has 1 aliphatic rings. The summed E-state index contributed by atoms with van der Waals surface area (Å²) >= 11 is 3.58. The summed E-state index contributed by atoms with van der Waals surface area (Å²) in [7, 11) is 1.53. The van der Waals surface area contributed by atoms with Crippen molar-refractivity contribution in [1.82, 2.24) is 19.7 Å². The van der Waals surface area contributed by atoms with Crippen LogP contribution in [0.5, 0.6) is 11.5 Å². The van der Waals surface area contributed by atoms with Crippen molar-refractivity contribution in [2.24, 2.45) is 0 Å². The zero-order chi connectivity index (χ0) is 27.4. The van der Waals surface area contributed by atoms with Gasteiger partial charge in [0.15, 0.2) is 18.1 Å². The van der Waals surface area contributed by atoms with Crippen LogP contribution in [0.25, 0.3) is 0 Å². The molecule has 2 N–H and O–H groups in total. The molecule has 2 aromatic carbocycles. The fourth-order valence-corrected chi connectivity index (χ4v) is 5.03. The summed E-state index contributed by atoms with van der Waals surface area (Å²) in [4.78, 5) is 32.1. The Morgan fingerprint density at radius 3 is 2.63 bits per heavy atom. The maximum absolute atomic E-state index is 13.6. The second kappa shape index (κ2) is 11.7. The van der Waals surface area contributed by atoms with Gasteiger partial charge in [0.1, 0.15) is 12.4 Å². The minimum atomic E-state index is -0.602. The van der Waals surface area contributed by atoms with Crippen LogP contribution in [0, 0.1) is 6.92 Å². The van der Waals surface area contributed by atoms with Crippen molar-refractivity contribution < 1.29 is 19.1 Å². The number of anilines is 2. The van der Waals surface area contributed by atoms with Crippen molar-refractivity contribution in [3.8, 4) is 11.5 Å². The highest BCUT2D eigenvalue weighted by Gasteiger charge is 2.34. The molecule has 0 aliphatic carbocycles. The molecule has 0 radical (unpaired) electrons. The molecule has 1 aromatic heterocycles. The van der Waals surface area contributed by atoms with Crippen LogP contribution in [0.1, 0.15) is 37.9 Å². The third kappa shape index (κ3) is 5.52. The molecule has 1 atom stereocenters. The highest BCUT2D eigenvalue weighted by molar-refractivity contribution is 9.10. The SMILES string of the molecule is CCN(CC)C(=O)COc1c(Br)cc(C2C(C(=O)Nc3cccc(C)c3)=C(C)Nc3ncnn32)cc1OC. The Hall–Kier alpha value is -3.86. The van der Waals surface area contributed by atoms with Crippen LogP contribution in [0.2, 0.25) is 0 Å². The molecular formula is C27H31BrN6O4. The minimum Gasteiger partial charge on any atom is -0.493 e. The number of hydrogen-bond acceptors (Lipinski definition) is 7. The van der Waals surface area contributed by atoms with E-state index >= 15 is 0 Å². The van der Waals surface area contributed by atoms with Gasteiger partial charge >= 0.3 is 0 Å². The van der Waals surface area contributed by atoms with E-state index in [1.54, 1.807) is 15.6 Å². The van der Waals surface area contributed by atoms with E-state index in [0.29, 0.717) is 52.0 Å². The number of methoxy groups -OCH3 is 1. The van der Waals surface area contributed by atoms with Crippen molar-refractivity contribution in [2.45, 2.75) is 33.7 Å². The van der Waals surface area contributed by atoms with E-state index in [1.807, 2.05) is 58.0 Å². The molecule has 0 bridgehead atoms. The number of aryl methyl sites for hydroxylation is 1. The van der Waals surface area contributed by atoms with Gasteiger partial charge in [-0.1, -0.05) is 12.1 Å². The van der Waals surface area contributed by atoms with Crippen LogP contribution in [0.4, 0.5) is 11.6 Å². The summed E-state index contributed by atoms with van der Waals surface area (Å²) in [6.45, 7) is 8.73. The Balaban J connectivity index is 1.71. The first-order valence-electron chi connectivity index (χ1n) is 12.3. The lowest BCUT2D eigenvalue weighted by Crippen LogP contribution is -2.34. The van der Waals surface area contributed by atoms with Crippen molar-refractivity contribution in [3.63, 3.8) is 0 Å². The Morgan fingerprint density at radius 2 is 1.95 bits per heavy atom. The van der Waals surface area contributed by atoms with Gasteiger partial charge in [0.25, 0.3) is 11.8 Å². The molecule has 38 heavy (non-hydrogen) atoms. The van der Waals surface area contributed by atoms with E-state index < -0.39 is 6.04 Å². The van der Waals surface area contributed by atoms with E-state index in [-0.39, 0.29) is 18.4 Å². The number of benzene rings is 2. The predicted molar refractivity (Wildman–Crippen MR) is 148 cm³/mol. The first kappa shape index (κ1) is 27.2. The lowest BCUT2D eigenvalue weighted by atomic mass is 9.94. The van der Waals surface area contributed by atoms with E-state index in [1.165, 1.54) is 13.4 Å². The normalized spacial score (nSPS) is 14.4. The first-order valence-corrected chi connectivity index (χ1v) is 13.1. The van der Waals surface area contributed by atoms with Crippen molar-refractivity contribution >= 4 is 39.4 Å². The van der Waals surface area contributed by atoms with Crippen LogP contribution < -0.4 is 20.1 Å². The smallest absolute Gasteiger partial charge is 0.260 e. The fraction of sp³-hybridized carbons (Fsp3) is 0.333. The monoisotopic (exact) mass is 582 g/mol. The van der Waals surface area contributed by atoms with Crippen molar-refractivity contribution in [3.05, 3.63) is 69.6 Å². The number of carbonyl (C=O) groups is 2. The standard InChI is InChI=1S/C27H31BrN6O4/c1-6-33(7-2)22(35)14-38-25-20(28)12-18(13-21(25)37-5)24-23(17(4)31-27-29-15-30-34(24)27)26(36)32-19-10-8-9-16(3)11-19/h8-13,15,24H,6-7,14H2,1-5H3,(H,32,36)(H,29,30,31). The lowest BCUT2D eigenvalue weighted by Gasteiger charge is -2.29. The quantitative estimate of drug-likeness (QED) is 0.381. The molecule has 1 unspecified atom stereocenters. The molecule has 0 saturated heterocycles. The lowest BCUT2D eigenvalue weighted by molar-refractivity contribution is -0.133. The number of rotatable bonds is 9. The molecule has 0 fully saturated rings. The van der Waals surface area contributed by atoms with Gasteiger partial charge < -0.3 is 25.0 Å². The van der Waals surface area contributed by atoms with E-state index in [4.69, 9.17) is 9.47 Å². The molecule has 11 heteroatoms. The highest BCUT2D eigenvalue weighted by Crippen LogP contribution is 2.42. The number of ether oxygens (including phenoxy) is 2. The average molecular weight is 583 g/mol. The number of nitrogens with zero attached hydrogens (tertiary/aromatic N) is 4. The fourth-order valence-electron chi connectivity index (χ4n) is 4.45. The number of fused-ring (bicyclic) bond motifs is 1. The van der Waals surface area contributed by atoms with E-state index in [0.717, 1.165) is 11.1 Å². The molecule has 0 spiro atoms. The van der Waals surface area contributed by atoms with Gasteiger partial charge in [-0.2, -0.15) is 10.1 Å². The van der Waals surface area contributed by atoms with Crippen LogP contribution in [0.15, 0.2) is 58.5 Å². The van der Waals surface area contributed by atoms with Gasteiger partial charge in [-0.15, -0.1) is 0 Å². The first-order chi connectivity index (χ1) is 18.3. The number of hydrogen-bond donors (Lipinski definition) is 2. The molecule has 0 saturated carbocycles. The third-order valence-corrected chi connectivity index (χ3v) is 6.93. The number of carbonyl (C=O) groups excluding carboxylic acids is 2. The van der Waals surface area contributed by atoms with Gasteiger partial charge in [-0.05, 0) is 79.0 Å². The molecular weight excluding hydrogens is 552 g/mol. The maximum Gasteiger partial charge on any atom is 0.260 e. The summed E-state index contributed by atoms with van der Waals surface area (Å²) in [6, 6.07) is 10.6. The number of nitrogens with one attached hydrogen (secondary N) is 2. The second-order valence-corrected chi connectivity index (χ2v) is 9.66. The number of likely N-dealkylation sites (N-methyl/N-ethyl adjacent to an activating group) is 1. The Kier molecular flexibility index (Phi) is 8.35. The number of aromatic nitrogens is 3. The van der Waals surface area contributed by atoms with Crippen LogP contribution >= 0.6 is 15.9 Å². The summed E-state index contributed by atoms with van der Waals surface area (Å²) in [5, 5.41) is 10.6. The minimum absolute atomic E-state index is 0.118. The maximum atomic E-state index is 13.6. The Morgan fingerprint density at radius 1 is 1.18 bits per heavy atom. The largest absolute Gasteiger partial charge is 0.493 e. The molecule has 1 aliphatic heterocycles. The summed E-state index contributed by atoms with van der Waals surface area (Å²) in [6.07, 6.45) is 1.44. The highest BCUT2D eigenvalue weighted by atomic mass is 79.9. The molecule has 10 nitrogen and oxygen atoms in total. The molecule has 200 valence electrons. The van der Waals surface area contributed by atoms with Gasteiger partial charge in [-0.3, -0.25) is 9.59 Å². The van der Waals surface area contributed by atoms with E-state index in [2.05, 4.69) is 36.6 Å². The zero-order valence-electron chi connectivity index (χ0n) is 22.0. The van der Waals surface area contributed by atoms with Crippen LogP contribution in [0.3, 0.4) is 0 Å². The molecule has 4 rings (SSSR count). The Labute approximate surface area is 230 Å². The average Bonchev–Trinajstić information content (AvgIpc) is 3.35. The topological polar surface area (TPSA) is 111 Å². The van der Waals surface area contributed by atoms with E-state index in [9.17, 15) is 9.59 Å². The number of amides is 2. The van der Waals surface area contributed by atoms with Crippen molar-refractivity contribution in [1.29, 1.82) is 0 Å². The summed E-state index contributed by atoms with van der Waals surface area (Å²) < 4.78 is 13.8. The van der Waals surface area contributed by atoms with Gasteiger partial charge in [0, 0.05) is 24.5 Å². The second-order valence-electron chi connectivity index (χ2n) is 8.81. The number of halogens is 1. The molecule has 3 aromatic rings. The summed E-state index contributed by atoms with van der Waals surface area (Å²) in [5.41, 5.74) is 3.58. The van der Waals surface area contributed by atoms with Crippen molar-refractivity contribution in [2.75, 3.05) is 37.4 Å². The van der Waals surface area contributed by atoms with Gasteiger partial charge in [0.05, 0.1) is 17.2 Å². The molecule has 2 amide bonds. The van der Waals surface area contributed by atoms with Crippen LogP contribution in [-0.4, -0.2) is 58.3 Å². The van der Waals surface area contributed by atoms with Gasteiger partial charge in [0.2, 0.25) is 5.95 Å². The van der Waals surface area contributed by atoms with Crippen LogP contribution in [-0.2, 0) is 9.59 Å². The predicted octanol–water partition coefficient (Wildman–Crippen LogP) is 4.53. The van der Waals surface area contributed by atoms with Gasteiger partial charge in [-0.25, -0.2) is 4.68 Å².